The number of aryl methyl sites for hydroxylation is 2. The molecule has 2 heterocycles. The molecule has 34 heavy (non-hydrogen) atoms. The Kier molecular flexibility index (Phi) is 6.74. The second-order valence-corrected chi connectivity index (χ2v) is 8.08. The summed E-state index contributed by atoms with van der Waals surface area (Å²) in [5, 5.41) is 2.22. The number of ether oxygens (including phenoxy) is 2. The average molecular weight is 463 g/mol. The van der Waals surface area contributed by atoms with Crippen molar-refractivity contribution in [2.75, 3.05) is 37.8 Å². The maximum atomic E-state index is 13.0. The lowest BCUT2D eigenvalue weighted by Gasteiger charge is -2.27. The van der Waals surface area contributed by atoms with Gasteiger partial charge in [-0.15, -0.1) is 0 Å². The van der Waals surface area contributed by atoms with Crippen LogP contribution in [-0.4, -0.2) is 61.6 Å². The summed E-state index contributed by atoms with van der Waals surface area (Å²) < 4.78 is 10.8. The second kappa shape index (κ2) is 9.88. The Balaban J connectivity index is 1.47. The van der Waals surface area contributed by atoms with E-state index in [1.54, 1.807) is 41.3 Å². The van der Waals surface area contributed by atoms with Crippen LogP contribution in [0.25, 0.3) is 6.08 Å². The fraction of sp³-hybridized carbons (Fsp3) is 0.280. The minimum atomic E-state index is -0.788. The molecule has 0 aliphatic carbocycles. The molecule has 4 rings (SSSR count). The quantitative estimate of drug-likeness (QED) is 0.539. The first kappa shape index (κ1) is 23.2. The van der Waals surface area contributed by atoms with Crippen molar-refractivity contribution in [2.45, 2.75) is 13.8 Å². The van der Waals surface area contributed by atoms with Crippen LogP contribution in [0.15, 0.2) is 48.0 Å². The van der Waals surface area contributed by atoms with E-state index in [2.05, 4.69) is 5.32 Å². The summed E-state index contributed by atoms with van der Waals surface area (Å²) >= 11 is 0. The van der Waals surface area contributed by atoms with Crippen LogP contribution in [0.2, 0.25) is 0 Å². The molecule has 2 saturated heterocycles. The number of urea groups is 1. The molecule has 0 saturated carbocycles. The molecule has 1 N–H and O–H groups in total. The molecule has 0 spiro atoms. The minimum Gasteiger partial charge on any atom is -0.484 e. The number of carbonyl (C=O) groups excluding carboxylic acids is 4. The van der Waals surface area contributed by atoms with Gasteiger partial charge in [0.25, 0.3) is 17.7 Å². The Morgan fingerprint density at radius 2 is 1.74 bits per heavy atom. The van der Waals surface area contributed by atoms with Crippen LogP contribution in [0.3, 0.4) is 0 Å². The van der Waals surface area contributed by atoms with Gasteiger partial charge >= 0.3 is 6.03 Å². The van der Waals surface area contributed by atoms with Gasteiger partial charge in [-0.25, -0.2) is 9.69 Å². The third-order valence-corrected chi connectivity index (χ3v) is 5.77. The van der Waals surface area contributed by atoms with Gasteiger partial charge in [0.05, 0.1) is 18.9 Å². The zero-order valence-corrected chi connectivity index (χ0v) is 19.0. The zero-order chi connectivity index (χ0) is 24.2. The highest BCUT2D eigenvalue weighted by Gasteiger charge is 2.36. The Hall–Kier alpha value is -3.98. The van der Waals surface area contributed by atoms with Crippen LogP contribution in [0.5, 0.6) is 5.75 Å². The molecule has 176 valence electrons. The van der Waals surface area contributed by atoms with Gasteiger partial charge in [0.1, 0.15) is 11.3 Å². The first-order valence-electron chi connectivity index (χ1n) is 10.9. The van der Waals surface area contributed by atoms with Crippen LogP contribution in [0, 0.1) is 13.8 Å². The number of nitrogens with one attached hydrogen (secondary N) is 1. The molecule has 0 aromatic heterocycles. The molecular formula is C25H25N3O6. The summed E-state index contributed by atoms with van der Waals surface area (Å²) in [6, 6.07) is 11.0. The normalized spacial score (nSPS) is 17.7. The van der Waals surface area contributed by atoms with E-state index in [4.69, 9.17) is 9.47 Å². The molecule has 0 radical (unpaired) electrons. The summed E-state index contributed by atoms with van der Waals surface area (Å²) in [5.74, 6) is -1.09. The molecule has 9 nitrogen and oxygen atoms in total. The van der Waals surface area contributed by atoms with Crippen molar-refractivity contribution in [1.29, 1.82) is 0 Å². The Morgan fingerprint density at radius 3 is 2.41 bits per heavy atom. The number of nitrogens with zero attached hydrogens (tertiary/aromatic N) is 2. The number of carbonyl (C=O) groups is 4. The number of imide groups is 2. The van der Waals surface area contributed by atoms with E-state index in [0.717, 1.165) is 16.0 Å². The third kappa shape index (κ3) is 4.99. The van der Waals surface area contributed by atoms with Gasteiger partial charge in [-0.1, -0.05) is 18.2 Å². The van der Waals surface area contributed by atoms with Gasteiger partial charge in [-0.2, -0.15) is 0 Å². The van der Waals surface area contributed by atoms with Crippen LogP contribution >= 0.6 is 0 Å². The van der Waals surface area contributed by atoms with Gasteiger partial charge in [0, 0.05) is 13.1 Å². The largest absolute Gasteiger partial charge is 0.484 e. The van der Waals surface area contributed by atoms with Crippen molar-refractivity contribution < 1.29 is 28.7 Å². The van der Waals surface area contributed by atoms with E-state index >= 15 is 0 Å². The molecule has 0 atom stereocenters. The highest BCUT2D eigenvalue weighted by atomic mass is 16.5. The van der Waals surface area contributed by atoms with E-state index in [9.17, 15) is 19.2 Å². The van der Waals surface area contributed by atoms with Crippen LogP contribution < -0.4 is 15.0 Å². The van der Waals surface area contributed by atoms with E-state index in [0.29, 0.717) is 43.3 Å². The molecule has 2 aliphatic heterocycles. The smallest absolute Gasteiger partial charge is 0.335 e. The third-order valence-electron chi connectivity index (χ3n) is 5.77. The van der Waals surface area contributed by atoms with Gasteiger partial charge < -0.3 is 14.4 Å². The molecule has 2 aromatic rings. The number of amides is 5. The predicted molar refractivity (Wildman–Crippen MR) is 124 cm³/mol. The zero-order valence-electron chi connectivity index (χ0n) is 19.0. The van der Waals surface area contributed by atoms with Crippen molar-refractivity contribution in [3.63, 3.8) is 0 Å². The van der Waals surface area contributed by atoms with Gasteiger partial charge in [0.2, 0.25) is 0 Å². The topological polar surface area (TPSA) is 105 Å². The molecule has 2 aromatic carbocycles. The lowest BCUT2D eigenvalue weighted by molar-refractivity contribution is -0.137. The fourth-order valence-electron chi connectivity index (χ4n) is 3.63. The summed E-state index contributed by atoms with van der Waals surface area (Å²) in [6.07, 6.45) is 1.42. The fourth-order valence-corrected chi connectivity index (χ4v) is 3.63. The van der Waals surface area contributed by atoms with Crippen LogP contribution in [0.1, 0.15) is 16.7 Å². The standard InChI is InChI=1S/C25H25N3O6/c1-16-3-6-19(13-17(16)2)28-24(31)21(23(30)26-25(28)32)14-18-4-7-20(8-5-18)34-15-22(29)27-9-11-33-12-10-27/h3-8,13-14H,9-12,15H2,1-2H3,(H,26,30,32)/b21-14+. The van der Waals surface area contributed by atoms with Gasteiger partial charge in [-0.3, -0.25) is 19.7 Å². The molecule has 0 bridgehead atoms. The van der Waals surface area contributed by atoms with Crippen LogP contribution in [-0.2, 0) is 19.1 Å². The van der Waals surface area contributed by atoms with Crippen molar-refractivity contribution in [3.8, 4) is 5.75 Å². The van der Waals surface area contributed by atoms with Crippen molar-refractivity contribution in [3.05, 3.63) is 64.7 Å². The molecule has 2 fully saturated rings. The lowest BCUT2D eigenvalue weighted by Crippen LogP contribution is -2.54. The van der Waals surface area contributed by atoms with E-state index < -0.39 is 17.8 Å². The summed E-state index contributed by atoms with van der Waals surface area (Å²) in [6.45, 7) is 5.86. The van der Waals surface area contributed by atoms with E-state index in [1.165, 1.54) is 6.08 Å². The highest BCUT2D eigenvalue weighted by Crippen LogP contribution is 2.24. The molecular weight excluding hydrogens is 438 g/mol. The van der Waals surface area contributed by atoms with Gasteiger partial charge in [0.15, 0.2) is 6.61 Å². The number of barbiturate groups is 1. The van der Waals surface area contributed by atoms with Crippen molar-refractivity contribution >= 4 is 35.5 Å². The Morgan fingerprint density at radius 1 is 1.03 bits per heavy atom. The summed E-state index contributed by atoms with van der Waals surface area (Å²) in [5.41, 5.74) is 2.74. The average Bonchev–Trinajstić information content (AvgIpc) is 2.83. The Bertz CT molecular complexity index is 1170. The molecule has 5 amide bonds. The Labute approximate surface area is 196 Å². The molecule has 2 aliphatic rings. The summed E-state index contributed by atoms with van der Waals surface area (Å²) in [7, 11) is 0. The first-order chi connectivity index (χ1) is 16.3. The molecule has 0 unspecified atom stereocenters. The van der Waals surface area contributed by atoms with Crippen molar-refractivity contribution in [1.82, 2.24) is 10.2 Å². The highest BCUT2D eigenvalue weighted by molar-refractivity contribution is 6.39. The SMILES string of the molecule is Cc1ccc(N2C(=O)NC(=O)/C(=C\c3ccc(OCC(=O)N4CCOCC4)cc3)C2=O)cc1C. The van der Waals surface area contributed by atoms with Gasteiger partial charge in [-0.05, 0) is 60.9 Å². The number of anilines is 1. The monoisotopic (exact) mass is 463 g/mol. The maximum absolute atomic E-state index is 13.0. The maximum Gasteiger partial charge on any atom is 0.335 e. The summed E-state index contributed by atoms with van der Waals surface area (Å²) in [4.78, 5) is 52.7. The second-order valence-electron chi connectivity index (χ2n) is 8.08. The number of rotatable bonds is 5. The van der Waals surface area contributed by atoms with E-state index in [-0.39, 0.29) is 18.1 Å². The van der Waals surface area contributed by atoms with Crippen LogP contribution in [0.4, 0.5) is 10.5 Å². The first-order valence-corrected chi connectivity index (χ1v) is 10.9. The minimum absolute atomic E-state index is 0.0889. The number of hydrogen-bond acceptors (Lipinski definition) is 6. The number of hydrogen-bond donors (Lipinski definition) is 1. The van der Waals surface area contributed by atoms with E-state index in [1.807, 2.05) is 19.9 Å². The predicted octanol–water partition coefficient (Wildman–Crippen LogP) is 2.21. The van der Waals surface area contributed by atoms with Crippen molar-refractivity contribution in [2.24, 2.45) is 0 Å². The molecule has 9 heteroatoms. The number of morpholine rings is 1. The number of benzene rings is 2. The lowest BCUT2D eigenvalue weighted by atomic mass is 10.1.